The van der Waals surface area contributed by atoms with Crippen LogP contribution in [-0.2, 0) is 6.42 Å². The number of guanidine groups is 1. The van der Waals surface area contributed by atoms with Crippen molar-refractivity contribution in [2.24, 2.45) is 10.7 Å². The highest BCUT2D eigenvalue weighted by molar-refractivity contribution is 9.10. The number of nitrogens with one attached hydrogen (secondary N) is 1. The van der Waals surface area contributed by atoms with Crippen molar-refractivity contribution in [2.75, 3.05) is 11.9 Å². The second kappa shape index (κ2) is 6.95. The average molecular weight is 338 g/mol. The van der Waals surface area contributed by atoms with Crippen LogP contribution >= 0.6 is 15.9 Å². The first-order chi connectivity index (χ1) is 9.65. The molecule has 2 heterocycles. The summed E-state index contributed by atoms with van der Waals surface area (Å²) >= 11 is 3.29. The molecule has 0 atom stereocenters. The zero-order valence-electron chi connectivity index (χ0n) is 10.6. The summed E-state index contributed by atoms with van der Waals surface area (Å²) in [5, 5.41) is 2.85. The molecule has 0 aliphatic carbocycles. The van der Waals surface area contributed by atoms with Crippen molar-refractivity contribution in [3.8, 4) is 0 Å². The molecule has 0 saturated carbocycles. The maximum absolute atomic E-state index is 13.3. The summed E-state index contributed by atoms with van der Waals surface area (Å²) in [6.45, 7) is 0.350. The minimum absolute atomic E-state index is 0.233. The summed E-state index contributed by atoms with van der Waals surface area (Å²) in [5.41, 5.74) is 6.10. The average Bonchev–Trinajstić information content (AvgIpc) is 2.43. The van der Waals surface area contributed by atoms with Gasteiger partial charge in [-0.1, -0.05) is 0 Å². The number of aliphatic imine (C=N–C) groups is 1. The Hall–Kier alpha value is -2.02. The highest BCUT2D eigenvalue weighted by Gasteiger charge is 2.01. The molecule has 7 heteroatoms. The van der Waals surface area contributed by atoms with E-state index in [1.807, 2.05) is 6.07 Å². The van der Waals surface area contributed by atoms with Crippen LogP contribution in [0.25, 0.3) is 0 Å². The van der Waals surface area contributed by atoms with Crippen LogP contribution in [0.3, 0.4) is 0 Å². The van der Waals surface area contributed by atoms with Crippen LogP contribution in [0.5, 0.6) is 0 Å². The fraction of sp³-hybridized carbons (Fsp3) is 0.154. The first-order valence-corrected chi connectivity index (χ1v) is 6.72. The Morgan fingerprint density at radius 1 is 1.35 bits per heavy atom. The monoisotopic (exact) mass is 337 g/mol. The predicted molar refractivity (Wildman–Crippen MR) is 79.9 cm³/mol. The molecule has 0 saturated heterocycles. The molecule has 0 radical (unpaired) electrons. The SMILES string of the molecule is NC(=NCCc1ncccc1F)Nc1ccc(Br)cn1. The second-order valence-corrected chi connectivity index (χ2v) is 4.85. The summed E-state index contributed by atoms with van der Waals surface area (Å²) in [5.74, 6) is 0.499. The standard InChI is InChI=1S/C13H13BrFN5/c14-9-3-4-12(19-8-9)20-13(16)18-7-5-11-10(15)2-1-6-17-11/h1-4,6,8H,5,7H2,(H3,16,18,19,20). The van der Waals surface area contributed by atoms with Gasteiger partial charge in [-0.25, -0.2) is 9.37 Å². The maximum Gasteiger partial charge on any atom is 0.194 e. The molecule has 104 valence electrons. The number of pyridine rings is 2. The normalized spacial score (nSPS) is 11.4. The summed E-state index contributed by atoms with van der Waals surface area (Å²) in [4.78, 5) is 12.2. The van der Waals surface area contributed by atoms with Crippen molar-refractivity contribution in [3.63, 3.8) is 0 Å². The number of rotatable bonds is 4. The lowest BCUT2D eigenvalue weighted by molar-refractivity contribution is 0.598. The molecule has 20 heavy (non-hydrogen) atoms. The van der Waals surface area contributed by atoms with E-state index in [0.717, 1.165) is 4.47 Å². The predicted octanol–water partition coefficient (Wildman–Crippen LogP) is 2.35. The molecule has 0 aromatic carbocycles. The summed E-state index contributed by atoms with van der Waals surface area (Å²) in [7, 11) is 0. The number of aromatic nitrogens is 2. The van der Waals surface area contributed by atoms with E-state index in [2.05, 4.69) is 36.2 Å². The first kappa shape index (κ1) is 14.4. The quantitative estimate of drug-likeness (QED) is 0.663. The Kier molecular flexibility index (Phi) is 5.00. The second-order valence-electron chi connectivity index (χ2n) is 3.94. The van der Waals surface area contributed by atoms with Crippen molar-refractivity contribution in [3.05, 3.63) is 52.6 Å². The molecule has 0 unspecified atom stereocenters. The van der Waals surface area contributed by atoms with Gasteiger partial charge in [-0.15, -0.1) is 0 Å². The highest BCUT2D eigenvalue weighted by atomic mass is 79.9. The van der Waals surface area contributed by atoms with Gasteiger partial charge >= 0.3 is 0 Å². The highest BCUT2D eigenvalue weighted by Crippen LogP contribution is 2.10. The third-order valence-corrected chi connectivity index (χ3v) is 2.92. The lowest BCUT2D eigenvalue weighted by atomic mass is 10.2. The molecule has 2 aromatic heterocycles. The smallest absolute Gasteiger partial charge is 0.194 e. The van der Waals surface area contributed by atoms with E-state index in [9.17, 15) is 4.39 Å². The number of nitrogens with two attached hydrogens (primary N) is 1. The molecule has 0 bridgehead atoms. The third kappa shape index (κ3) is 4.27. The minimum Gasteiger partial charge on any atom is -0.370 e. The van der Waals surface area contributed by atoms with Crippen molar-refractivity contribution in [1.82, 2.24) is 9.97 Å². The van der Waals surface area contributed by atoms with Gasteiger partial charge in [-0.3, -0.25) is 9.98 Å². The van der Waals surface area contributed by atoms with Crippen molar-refractivity contribution < 1.29 is 4.39 Å². The van der Waals surface area contributed by atoms with Gasteiger partial charge in [0.15, 0.2) is 5.96 Å². The van der Waals surface area contributed by atoms with Gasteiger partial charge in [0, 0.05) is 29.8 Å². The molecule has 0 fully saturated rings. The molecule has 3 N–H and O–H groups in total. The van der Waals surface area contributed by atoms with Crippen molar-refractivity contribution in [1.29, 1.82) is 0 Å². The summed E-state index contributed by atoms with van der Waals surface area (Å²) in [6.07, 6.45) is 3.59. The van der Waals surface area contributed by atoms with Crippen LogP contribution < -0.4 is 11.1 Å². The molecule has 2 aromatic rings. The molecule has 0 aliphatic rings. The summed E-state index contributed by atoms with van der Waals surface area (Å²) in [6, 6.07) is 6.54. The van der Waals surface area contributed by atoms with Gasteiger partial charge < -0.3 is 11.1 Å². The van der Waals surface area contributed by atoms with E-state index in [-0.39, 0.29) is 11.8 Å². The van der Waals surface area contributed by atoms with E-state index in [1.54, 1.807) is 24.5 Å². The van der Waals surface area contributed by atoms with Crippen molar-refractivity contribution in [2.45, 2.75) is 6.42 Å². The molecule has 0 spiro atoms. The topological polar surface area (TPSA) is 76.2 Å². The Morgan fingerprint density at radius 3 is 2.90 bits per heavy atom. The number of nitrogens with zero attached hydrogens (tertiary/aromatic N) is 3. The lowest BCUT2D eigenvalue weighted by Crippen LogP contribution is -2.23. The minimum atomic E-state index is -0.330. The van der Waals surface area contributed by atoms with Gasteiger partial charge in [0.2, 0.25) is 0 Å². The van der Waals surface area contributed by atoms with E-state index in [0.29, 0.717) is 24.5 Å². The van der Waals surface area contributed by atoms with E-state index < -0.39 is 0 Å². The lowest BCUT2D eigenvalue weighted by Gasteiger charge is -2.04. The molecular weight excluding hydrogens is 325 g/mol. The first-order valence-electron chi connectivity index (χ1n) is 5.93. The van der Waals surface area contributed by atoms with Gasteiger partial charge in [0.1, 0.15) is 11.6 Å². The number of halogens is 2. The zero-order valence-corrected chi connectivity index (χ0v) is 12.1. The van der Waals surface area contributed by atoms with Crippen LogP contribution in [0.2, 0.25) is 0 Å². The molecule has 5 nitrogen and oxygen atoms in total. The van der Waals surface area contributed by atoms with Gasteiger partial charge in [0.25, 0.3) is 0 Å². The van der Waals surface area contributed by atoms with Gasteiger partial charge in [-0.05, 0) is 40.2 Å². The number of hydrogen-bond acceptors (Lipinski definition) is 3. The Bertz CT molecular complexity index is 600. The Labute approximate surface area is 124 Å². The van der Waals surface area contributed by atoms with Crippen LogP contribution in [0.15, 0.2) is 46.1 Å². The zero-order chi connectivity index (χ0) is 14.4. The maximum atomic E-state index is 13.3. The summed E-state index contributed by atoms with van der Waals surface area (Å²) < 4.78 is 14.2. The molecule has 0 amide bonds. The fourth-order valence-corrected chi connectivity index (χ4v) is 1.74. The molecular formula is C13H13BrFN5. The van der Waals surface area contributed by atoms with Crippen LogP contribution in [0, 0.1) is 5.82 Å². The van der Waals surface area contributed by atoms with E-state index in [4.69, 9.17) is 5.73 Å². The largest absolute Gasteiger partial charge is 0.370 e. The van der Waals surface area contributed by atoms with Crippen LogP contribution in [0.1, 0.15) is 5.69 Å². The Balaban J connectivity index is 1.88. The van der Waals surface area contributed by atoms with Crippen LogP contribution in [0.4, 0.5) is 10.2 Å². The molecule has 0 aliphatic heterocycles. The van der Waals surface area contributed by atoms with Crippen LogP contribution in [-0.4, -0.2) is 22.5 Å². The number of anilines is 1. The van der Waals surface area contributed by atoms with E-state index >= 15 is 0 Å². The Morgan fingerprint density at radius 2 is 2.20 bits per heavy atom. The van der Waals surface area contributed by atoms with Gasteiger partial charge in [-0.2, -0.15) is 0 Å². The van der Waals surface area contributed by atoms with Gasteiger partial charge in [0.05, 0.1) is 5.69 Å². The number of hydrogen-bond donors (Lipinski definition) is 2. The van der Waals surface area contributed by atoms with Crippen molar-refractivity contribution >= 4 is 27.7 Å². The fourth-order valence-electron chi connectivity index (χ4n) is 1.51. The van der Waals surface area contributed by atoms with E-state index in [1.165, 1.54) is 6.07 Å². The third-order valence-electron chi connectivity index (χ3n) is 2.45. The molecule has 2 rings (SSSR count).